The van der Waals surface area contributed by atoms with Crippen molar-refractivity contribution in [1.82, 2.24) is 19.9 Å². The lowest BCUT2D eigenvalue weighted by molar-refractivity contribution is 0.102. The highest BCUT2D eigenvalue weighted by Gasteiger charge is 2.24. The van der Waals surface area contributed by atoms with Crippen molar-refractivity contribution >= 4 is 45.3 Å². The number of nitrogens with one attached hydrogen (secondary N) is 1. The van der Waals surface area contributed by atoms with Gasteiger partial charge < -0.3 is 0 Å². The molecule has 146 valence electrons. The molecule has 3 aromatic rings. The Labute approximate surface area is 176 Å². The third-order valence-electron chi connectivity index (χ3n) is 4.81. The number of thiophene rings is 1. The average Bonchev–Trinajstić information content (AvgIpc) is 3.37. The van der Waals surface area contributed by atoms with E-state index in [1.54, 1.807) is 6.20 Å². The number of carbonyl (C=O) groups excluding carboxylic acids is 1. The fraction of sp³-hybridized carbons (Fsp3) is 0.368. The van der Waals surface area contributed by atoms with Crippen molar-refractivity contribution < 1.29 is 4.79 Å². The lowest BCUT2D eigenvalue weighted by Gasteiger charge is -2.20. The molecule has 6 nitrogen and oxygen atoms in total. The van der Waals surface area contributed by atoms with Crippen LogP contribution in [0, 0.1) is 6.92 Å². The van der Waals surface area contributed by atoms with Crippen molar-refractivity contribution in [2.45, 2.75) is 39.3 Å². The average molecular weight is 434 g/mol. The van der Waals surface area contributed by atoms with Crippen molar-refractivity contribution in [3.8, 4) is 11.3 Å². The van der Waals surface area contributed by atoms with Gasteiger partial charge in [-0.2, -0.15) is 0 Å². The molecule has 28 heavy (non-hydrogen) atoms. The van der Waals surface area contributed by atoms with E-state index in [4.69, 9.17) is 16.6 Å². The largest absolute Gasteiger partial charge is 0.296 e. The first kappa shape index (κ1) is 19.4. The number of aryl methyl sites for hydroxylation is 1. The highest BCUT2D eigenvalue weighted by atomic mass is 35.5. The van der Waals surface area contributed by atoms with E-state index in [-0.39, 0.29) is 11.6 Å². The zero-order valence-electron chi connectivity index (χ0n) is 15.6. The van der Waals surface area contributed by atoms with Crippen LogP contribution in [0.2, 0.25) is 4.34 Å². The van der Waals surface area contributed by atoms with Crippen LogP contribution in [0.1, 0.15) is 40.8 Å². The first-order valence-electron chi connectivity index (χ1n) is 9.08. The number of amides is 1. The van der Waals surface area contributed by atoms with Gasteiger partial charge in [0.25, 0.3) is 5.91 Å². The summed E-state index contributed by atoms with van der Waals surface area (Å²) in [5, 5.41) is 5.44. The Kier molecular flexibility index (Phi) is 5.73. The molecule has 4 rings (SSSR count). The van der Waals surface area contributed by atoms with Crippen molar-refractivity contribution in [3.63, 3.8) is 0 Å². The van der Waals surface area contributed by atoms with Crippen LogP contribution >= 0.6 is 34.3 Å². The lowest BCUT2D eigenvalue weighted by Crippen LogP contribution is -2.25. The van der Waals surface area contributed by atoms with Crippen molar-refractivity contribution in [3.05, 3.63) is 44.4 Å². The maximum atomic E-state index is 12.5. The highest BCUT2D eigenvalue weighted by molar-refractivity contribution is 7.16. The number of aromatic nitrogens is 3. The normalized spacial score (nSPS) is 17.2. The van der Waals surface area contributed by atoms with E-state index in [0.717, 1.165) is 39.3 Å². The summed E-state index contributed by atoms with van der Waals surface area (Å²) < 4.78 is 0.726. The van der Waals surface area contributed by atoms with E-state index in [1.165, 1.54) is 41.7 Å². The van der Waals surface area contributed by atoms with Gasteiger partial charge in [0, 0.05) is 34.6 Å². The summed E-state index contributed by atoms with van der Waals surface area (Å²) in [5.41, 5.74) is 2.92. The van der Waals surface area contributed by atoms with Crippen LogP contribution in [0.4, 0.5) is 5.13 Å². The molecule has 0 aromatic carbocycles. The number of hydrogen-bond donors (Lipinski definition) is 1. The maximum absolute atomic E-state index is 12.5. The van der Waals surface area contributed by atoms with Gasteiger partial charge in [0.05, 0.1) is 21.9 Å². The number of carbonyl (C=O) groups is 1. The van der Waals surface area contributed by atoms with Crippen molar-refractivity contribution in [2.24, 2.45) is 0 Å². The van der Waals surface area contributed by atoms with Crippen LogP contribution in [0.5, 0.6) is 0 Å². The first-order chi connectivity index (χ1) is 13.5. The second-order valence-corrected chi connectivity index (χ2v) is 9.52. The van der Waals surface area contributed by atoms with Gasteiger partial charge in [0.15, 0.2) is 5.13 Å². The smallest absolute Gasteiger partial charge is 0.277 e. The van der Waals surface area contributed by atoms with Gasteiger partial charge in [-0.25, -0.2) is 9.97 Å². The summed E-state index contributed by atoms with van der Waals surface area (Å²) in [6.45, 7) is 6.00. The third kappa shape index (κ3) is 4.25. The fourth-order valence-electron chi connectivity index (χ4n) is 3.26. The van der Waals surface area contributed by atoms with Crippen LogP contribution in [0.25, 0.3) is 11.3 Å². The minimum atomic E-state index is -0.308. The van der Waals surface area contributed by atoms with Gasteiger partial charge in [0.1, 0.15) is 5.69 Å². The van der Waals surface area contributed by atoms with Crippen molar-refractivity contribution in [2.75, 3.05) is 11.9 Å². The number of nitrogens with zero attached hydrogens (tertiary/aromatic N) is 4. The molecule has 0 radical (unpaired) electrons. The zero-order chi connectivity index (χ0) is 19.7. The highest BCUT2D eigenvalue weighted by Crippen LogP contribution is 2.37. The number of anilines is 1. The SMILES string of the molecule is Cc1cnc(C(=O)Nc2nc(-c3csc(Cl)c3)c(CN3CCCC3C)s2)cn1. The Morgan fingerprint density at radius 2 is 2.25 bits per heavy atom. The fourth-order valence-corrected chi connectivity index (χ4v) is 5.13. The summed E-state index contributed by atoms with van der Waals surface area (Å²) in [4.78, 5) is 29.1. The topological polar surface area (TPSA) is 71.0 Å². The third-order valence-corrected chi connectivity index (χ3v) is 6.86. The monoisotopic (exact) mass is 433 g/mol. The van der Waals surface area contributed by atoms with Gasteiger partial charge in [-0.05, 0) is 39.3 Å². The van der Waals surface area contributed by atoms with E-state index >= 15 is 0 Å². The summed E-state index contributed by atoms with van der Waals surface area (Å²) in [6, 6.07) is 2.48. The number of thiazole rings is 1. The van der Waals surface area contributed by atoms with Crippen LogP contribution < -0.4 is 5.32 Å². The molecule has 1 aliphatic rings. The lowest BCUT2D eigenvalue weighted by atomic mass is 10.2. The number of hydrogen-bond acceptors (Lipinski definition) is 7. The molecule has 3 aromatic heterocycles. The molecule has 1 atom stereocenters. The molecule has 1 N–H and O–H groups in total. The van der Waals surface area contributed by atoms with Crippen molar-refractivity contribution in [1.29, 1.82) is 0 Å². The zero-order valence-corrected chi connectivity index (χ0v) is 18.0. The summed E-state index contributed by atoms with van der Waals surface area (Å²) in [7, 11) is 0. The van der Waals surface area contributed by atoms with Crippen LogP contribution in [0.3, 0.4) is 0 Å². The van der Waals surface area contributed by atoms with Gasteiger partial charge in [-0.15, -0.1) is 11.3 Å². The molecule has 1 aliphatic heterocycles. The van der Waals surface area contributed by atoms with E-state index in [9.17, 15) is 4.79 Å². The maximum Gasteiger partial charge on any atom is 0.277 e. The second kappa shape index (κ2) is 8.24. The molecular formula is C19H20ClN5OS2. The number of rotatable bonds is 5. The molecular weight excluding hydrogens is 414 g/mol. The second-order valence-electron chi connectivity index (χ2n) is 6.89. The molecule has 1 amide bonds. The molecule has 0 bridgehead atoms. The number of likely N-dealkylation sites (tertiary alicyclic amines) is 1. The molecule has 0 saturated carbocycles. The van der Waals surface area contributed by atoms with Gasteiger partial charge in [0.2, 0.25) is 0 Å². The summed E-state index contributed by atoms with van der Waals surface area (Å²) in [6.07, 6.45) is 5.49. The predicted octanol–water partition coefficient (Wildman–Crippen LogP) is 4.86. The molecule has 1 unspecified atom stereocenters. The van der Waals surface area contributed by atoms with E-state index in [0.29, 0.717) is 11.2 Å². The van der Waals surface area contributed by atoms with E-state index in [2.05, 4.69) is 27.1 Å². The molecule has 0 spiro atoms. The van der Waals surface area contributed by atoms with E-state index < -0.39 is 0 Å². The molecule has 1 saturated heterocycles. The summed E-state index contributed by atoms with van der Waals surface area (Å²) in [5.74, 6) is -0.308. The van der Waals surface area contributed by atoms with Crippen LogP contribution in [-0.2, 0) is 6.54 Å². The van der Waals surface area contributed by atoms with Gasteiger partial charge in [-0.3, -0.25) is 20.0 Å². The standard InChI is InChI=1S/C19H20ClN5OS2/c1-11-7-22-14(8-21-11)18(26)24-19-23-17(13-6-16(20)27-10-13)15(28-19)9-25-5-3-4-12(25)2/h6-8,10,12H,3-5,9H2,1-2H3,(H,23,24,26). The molecule has 0 aliphatic carbocycles. The minimum absolute atomic E-state index is 0.274. The Hall–Kier alpha value is -1.87. The Morgan fingerprint density at radius 1 is 1.39 bits per heavy atom. The minimum Gasteiger partial charge on any atom is -0.296 e. The first-order valence-corrected chi connectivity index (χ1v) is 11.1. The van der Waals surface area contributed by atoms with E-state index in [1.807, 2.05) is 18.4 Å². The molecule has 1 fully saturated rings. The number of halogens is 1. The summed E-state index contributed by atoms with van der Waals surface area (Å²) >= 11 is 9.13. The Morgan fingerprint density at radius 3 is 2.89 bits per heavy atom. The van der Waals surface area contributed by atoms with Crippen LogP contribution in [0.15, 0.2) is 23.8 Å². The predicted molar refractivity (Wildman–Crippen MR) is 114 cm³/mol. The van der Waals surface area contributed by atoms with Crippen LogP contribution in [-0.4, -0.2) is 38.3 Å². The Balaban J connectivity index is 1.60. The van der Waals surface area contributed by atoms with Gasteiger partial charge in [-0.1, -0.05) is 22.9 Å². The quantitative estimate of drug-likeness (QED) is 0.622. The van der Waals surface area contributed by atoms with Gasteiger partial charge >= 0.3 is 0 Å². The molecule has 9 heteroatoms. The Bertz CT molecular complexity index is 985. The molecule has 4 heterocycles.